The molecule has 0 radical (unpaired) electrons. The summed E-state index contributed by atoms with van der Waals surface area (Å²) in [6.07, 6.45) is 8.81. The molecule has 0 unspecified atom stereocenters. The van der Waals surface area contributed by atoms with Crippen LogP contribution in [-0.4, -0.2) is 28.1 Å². The Labute approximate surface area is 169 Å². The summed E-state index contributed by atoms with van der Waals surface area (Å²) in [4.78, 5) is 24.4. The number of hydrogen-bond donors (Lipinski definition) is 2. The summed E-state index contributed by atoms with van der Waals surface area (Å²) >= 11 is 0. The van der Waals surface area contributed by atoms with Crippen LogP contribution in [0.25, 0.3) is 0 Å². The minimum Gasteiger partial charge on any atom is -0.481 e. The van der Waals surface area contributed by atoms with Crippen molar-refractivity contribution in [1.82, 2.24) is 0 Å². The molecular weight excluding hydrogens is 352 g/mol. The average molecular weight is 391 g/mol. The monoisotopic (exact) mass is 390 g/mol. The number of ketones is 1. The van der Waals surface area contributed by atoms with Crippen LogP contribution < -0.4 is 0 Å². The standard InChI is InChI=1S/C24H38O4/c1-14(4-7-21(27)28)17-5-6-18-22-19(9-11-24(17,18)3)23(2)10-8-16(25)12-15(23)13-20(22)26/h14-19,22,25H,4-13H2,1-3H3,(H,27,28)/t14-,15+,16-,17-,18+,19+,22+,23-,24-/m0/s1. The molecule has 0 spiro atoms. The van der Waals surface area contributed by atoms with Gasteiger partial charge < -0.3 is 10.2 Å². The van der Waals surface area contributed by atoms with Crippen molar-refractivity contribution in [1.29, 1.82) is 0 Å². The molecule has 4 heteroatoms. The molecule has 0 amide bonds. The largest absolute Gasteiger partial charge is 0.481 e. The summed E-state index contributed by atoms with van der Waals surface area (Å²) in [5, 5.41) is 19.3. The summed E-state index contributed by atoms with van der Waals surface area (Å²) in [6, 6.07) is 0. The molecule has 158 valence electrons. The first-order valence-electron chi connectivity index (χ1n) is 11.6. The Balaban J connectivity index is 1.56. The predicted molar refractivity (Wildman–Crippen MR) is 108 cm³/mol. The van der Waals surface area contributed by atoms with Gasteiger partial charge in [0.25, 0.3) is 0 Å². The molecule has 0 aromatic heterocycles. The van der Waals surface area contributed by atoms with Crippen molar-refractivity contribution < 1.29 is 19.8 Å². The molecular formula is C24H38O4. The maximum atomic E-state index is 13.3. The molecule has 4 rings (SSSR count). The van der Waals surface area contributed by atoms with Crippen LogP contribution in [0.3, 0.4) is 0 Å². The number of carbonyl (C=O) groups is 2. The number of aliphatic carboxylic acids is 1. The van der Waals surface area contributed by atoms with Crippen LogP contribution in [-0.2, 0) is 9.59 Å². The van der Waals surface area contributed by atoms with Crippen molar-refractivity contribution in [3.63, 3.8) is 0 Å². The Morgan fingerprint density at radius 1 is 1.11 bits per heavy atom. The molecule has 4 fully saturated rings. The van der Waals surface area contributed by atoms with E-state index in [2.05, 4.69) is 20.8 Å². The van der Waals surface area contributed by atoms with Gasteiger partial charge in [0.05, 0.1) is 6.10 Å². The van der Waals surface area contributed by atoms with Crippen molar-refractivity contribution in [2.24, 2.45) is 46.3 Å². The number of hydrogen-bond acceptors (Lipinski definition) is 3. The topological polar surface area (TPSA) is 74.6 Å². The molecule has 4 aliphatic rings. The molecule has 9 atom stereocenters. The van der Waals surface area contributed by atoms with Gasteiger partial charge in [-0.05, 0) is 91.8 Å². The maximum absolute atomic E-state index is 13.3. The molecule has 28 heavy (non-hydrogen) atoms. The Bertz CT molecular complexity index is 645. The van der Waals surface area contributed by atoms with Crippen LogP contribution in [0.2, 0.25) is 0 Å². The number of rotatable bonds is 4. The van der Waals surface area contributed by atoms with Crippen LogP contribution >= 0.6 is 0 Å². The fourth-order valence-electron chi connectivity index (χ4n) is 8.44. The van der Waals surface area contributed by atoms with Crippen molar-refractivity contribution in [2.45, 2.75) is 91.1 Å². The molecule has 0 heterocycles. The summed E-state index contributed by atoms with van der Waals surface area (Å²) in [5.74, 6) is 2.25. The number of Topliss-reactive ketones (excluding diaryl/α,β-unsaturated/α-hetero) is 1. The fourth-order valence-corrected chi connectivity index (χ4v) is 8.44. The highest BCUT2D eigenvalue weighted by molar-refractivity contribution is 5.83. The third-order valence-electron chi connectivity index (χ3n) is 10.0. The Hall–Kier alpha value is -0.900. The molecule has 0 aliphatic heterocycles. The SMILES string of the molecule is C[C@@H](CCC(=O)O)[C@@H]1CC[C@@H]2[C@H]3C(=O)C[C@H]4C[C@@H](O)CC[C@]4(C)[C@@H]3CC[C@]21C. The van der Waals surface area contributed by atoms with E-state index in [9.17, 15) is 14.7 Å². The van der Waals surface area contributed by atoms with Crippen molar-refractivity contribution in [3.8, 4) is 0 Å². The number of carbonyl (C=O) groups excluding carboxylic acids is 1. The molecule has 0 aromatic rings. The van der Waals surface area contributed by atoms with Gasteiger partial charge in [0.2, 0.25) is 0 Å². The first-order valence-corrected chi connectivity index (χ1v) is 11.6. The smallest absolute Gasteiger partial charge is 0.303 e. The van der Waals surface area contributed by atoms with Crippen LogP contribution in [0, 0.1) is 46.3 Å². The van der Waals surface area contributed by atoms with Gasteiger partial charge in [0, 0.05) is 18.8 Å². The van der Waals surface area contributed by atoms with Gasteiger partial charge in [0.15, 0.2) is 0 Å². The molecule has 4 aliphatic carbocycles. The van der Waals surface area contributed by atoms with Gasteiger partial charge >= 0.3 is 5.97 Å². The lowest BCUT2D eigenvalue weighted by Gasteiger charge is -2.60. The second-order valence-corrected chi connectivity index (χ2v) is 11.2. The maximum Gasteiger partial charge on any atom is 0.303 e. The van der Waals surface area contributed by atoms with E-state index in [4.69, 9.17) is 5.11 Å². The lowest BCUT2D eigenvalue weighted by atomic mass is 9.44. The van der Waals surface area contributed by atoms with Crippen LogP contribution in [0.1, 0.15) is 85.0 Å². The minimum atomic E-state index is -0.698. The van der Waals surface area contributed by atoms with Crippen LogP contribution in [0.5, 0.6) is 0 Å². The molecule has 4 nitrogen and oxygen atoms in total. The number of carboxylic acids is 1. The van der Waals surface area contributed by atoms with Gasteiger partial charge in [-0.1, -0.05) is 20.8 Å². The van der Waals surface area contributed by atoms with E-state index in [0.717, 1.165) is 44.9 Å². The zero-order valence-electron chi connectivity index (χ0n) is 17.8. The number of fused-ring (bicyclic) bond motifs is 5. The fraction of sp³-hybridized carbons (Fsp3) is 0.917. The van der Waals surface area contributed by atoms with E-state index in [-0.39, 0.29) is 29.3 Å². The molecule has 2 N–H and O–H groups in total. The molecule has 0 aromatic carbocycles. The van der Waals surface area contributed by atoms with Gasteiger partial charge in [-0.3, -0.25) is 9.59 Å². The highest BCUT2D eigenvalue weighted by atomic mass is 16.4. The normalized spacial score (nSPS) is 49.1. The van der Waals surface area contributed by atoms with E-state index in [1.165, 1.54) is 6.42 Å². The van der Waals surface area contributed by atoms with Gasteiger partial charge in [-0.2, -0.15) is 0 Å². The number of aliphatic hydroxyl groups is 1. The third kappa shape index (κ3) is 3.05. The van der Waals surface area contributed by atoms with Crippen LogP contribution in [0.15, 0.2) is 0 Å². The Morgan fingerprint density at radius 3 is 2.50 bits per heavy atom. The zero-order valence-corrected chi connectivity index (χ0v) is 17.8. The quantitative estimate of drug-likeness (QED) is 0.730. The van der Waals surface area contributed by atoms with Crippen molar-refractivity contribution >= 4 is 11.8 Å². The van der Waals surface area contributed by atoms with Crippen LogP contribution in [0.4, 0.5) is 0 Å². The molecule has 0 bridgehead atoms. The minimum absolute atomic E-state index is 0.187. The first-order chi connectivity index (χ1) is 13.2. The van der Waals surface area contributed by atoms with E-state index >= 15 is 0 Å². The van der Waals surface area contributed by atoms with E-state index in [0.29, 0.717) is 41.8 Å². The number of aliphatic hydroxyl groups excluding tert-OH is 1. The third-order valence-corrected chi connectivity index (χ3v) is 10.0. The summed E-state index contributed by atoms with van der Waals surface area (Å²) < 4.78 is 0. The van der Waals surface area contributed by atoms with Crippen molar-refractivity contribution in [3.05, 3.63) is 0 Å². The highest BCUT2D eigenvalue weighted by Crippen LogP contribution is 2.67. The van der Waals surface area contributed by atoms with Crippen molar-refractivity contribution in [2.75, 3.05) is 0 Å². The zero-order chi connectivity index (χ0) is 20.3. The summed E-state index contributed by atoms with van der Waals surface area (Å²) in [6.45, 7) is 7.06. The lowest BCUT2D eigenvalue weighted by Crippen LogP contribution is -2.57. The average Bonchev–Trinajstić information content (AvgIpc) is 2.98. The number of carboxylic acid groups (broad SMARTS) is 1. The lowest BCUT2D eigenvalue weighted by molar-refractivity contribution is -0.160. The Morgan fingerprint density at radius 2 is 1.79 bits per heavy atom. The molecule has 4 saturated carbocycles. The van der Waals surface area contributed by atoms with E-state index < -0.39 is 5.97 Å². The van der Waals surface area contributed by atoms with E-state index in [1.807, 2.05) is 0 Å². The van der Waals surface area contributed by atoms with E-state index in [1.54, 1.807) is 0 Å². The Kier molecular flexibility index (Phi) is 5.17. The van der Waals surface area contributed by atoms with Gasteiger partial charge in [-0.15, -0.1) is 0 Å². The predicted octanol–water partition coefficient (Wildman–Crippen LogP) is 4.69. The molecule has 0 saturated heterocycles. The second kappa shape index (κ2) is 7.11. The second-order valence-electron chi connectivity index (χ2n) is 11.2. The van der Waals surface area contributed by atoms with Gasteiger partial charge in [-0.25, -0.2) is 0 Å². The first kappa shape index (κ1) is 20.4. The summed E-state index contributed by atoms with van der Waals surface area (Å²) in [7, 11) is 0. The van der Waals surface area contributed by atoms with Gasteiger partial charge in [0.1, 0.15) is 5.78 Å². The summed E-state index contributed by atoms with van der Waals surface area (Å²) in [5.41, 5.74) is 0.401. The highest BCUT2D eigenvalue weighted by Gasteiger charge is 2.62.